The van der Waals surface area contributed by atoms with Crippen molar-refractivity contribution in [1.82, 2.24) is 4.72 Å². The normalized spacial score (nSPS) is 16.1. The maximum atomic E-state index is 11.8. The lowest BCUT2D eigenvalue weighted by atomic mass is 10.1. The predicted octanol–water partition coefficient (Wildman–Crippen LogP) is 1.92. The molecule has 0 radical (unpaired) electrons. The van der Waals surface area contributed by atoms with Gasteiger partial charge in [-0.3, -0.25) is 10.1 Å². The summed E-state index contributed by atoms with van der Waals surface area (Å²) in [6.07, 6.45) is 0.570. The standard InChI is InChI=1S/C16H17N3O5S/c1-17-25(22,23)13-6-7-14(15(9-13)19(20)21)18-10-12-8-11-4-2-3-5-16(11)24-12/h2-7,9,12,17-18H,8,10H2,1H3. The molecular formula is C16H17N3O5S. The molecule has 0 bridgehead atoms. The topological polar surface area (TPSA) is 111 Å². The number of anilines is 1. The van der Waals surface area contributed by atoms with Crippen LogP contribution in [-0.2, 0) is 16.4 Å². The Morgan fingerprint density at radius 1 is 1.28 bits per heavy atom. The fourth-order valence-electron chi connectivity index (χ4n) is 2.69. The first-order valence-electron chi connectivity index (χ1n) is 7.61. The van der Waals surface area contributed by atoms with Gasteiger partial charge in [-0.05, 0) is 30.8 Å². The lowest BCUT2D eigenvalue weighted by Gasteiger charge is -2.13. The van der Waals surface area contributed by atoms with Crippen LogP contribution in [0.25, 0.3) is 0 Å². The first-order valence-corrected chi connectivity index (χ1v) is 9.09. The van der Waals surface area contributed by atoms with Gasteiger partial charge in [0.25, 0.3) is 5.69 Å². The van der Waals surface area contributed by atoms with E-state index in [-0.39, 0.29) is 22.4 Å². The number of nitro benzene ring substituents is 1. The molecule has 0 aromatic heterocycles. The monoisotopic (exact) mass is 363 g/mol. The molecule has 0 spiro atoms. The van der Waals surface area contributed by atoms with Crippen LogP contribution in [0.4, 0.5) is 11.4 Å². The summed E-state index contributed by atoms with van der Waals surface area (Å²) in [5.74, 6) is 0.819. The highest BCUT2D eigenvalue weighted by Gasteiger charge is 2.24. The predicted molar refractivity (Wildman–Crippen MR) is 92.4 cm³/mol. The number of sulfonamides is 1. The molecule has 3 rings (SSSR count). The van der Waals surface area contributed by atoms with Gasteiger partial charge in [0.15, 0.2) is 0 Å². The summed E-state index contributed by atoms with van der Waals surface area (Å²) in [6.45, 7) is 0.369. The Bertz CT molecular complexity index is 889. The Kier molecular flexibility index (Phi) is 4.60. The maximum Gasteiger partial charge on any atom is 0.293 e. The van der Waals surface area contributed by atoms with E-state index in [9.17, 15) is 18.5 Å². The molecule has 1 unspecified atom stereocenters. The minimum Gasteiger partial charge on any atom is -0.488 e. The third-order valence-electron chi connectivity index (χ3n) is 3.98. The van der Waals surface area contributed by atoms with Crippen LogP contribution < -0.4 is 14.8 Å². The molecule has 2 aromatic rings. The smallest absolute Gasteiger partial charge is 0.293 e. The van der Waals surface area contributed by atoms with E-state index in [1.165, 1.54) is 19.2 Å². The number of hydrogen-bond donors (Lipinski definition) is 2. The maximum absolute atomic E-state index is 11.8. The molecule has 0 aliphatic carbocycles. The van der Waals surface area contributed by atoms with Crippen LogP contribution in [0.1, 0.15) is 5.56 Å². The van der Waals surface area contributed by atoms with Crippen LogP contribution in [0, 0.1) is 10.1 Å². The minimum atomic E-state index is -3.74. The van der Waals surface area contributed by atoms with Gasteiger partial charge in [0.1, 0.15) is 17.5 Å². The van der Waals surface area contributed by atoms with Crippen LogP contribution >= 0.6 is 0 Å². The molecule has 1 aliphatic heterocycles. The summed E-state index contributed by atoms with van der Waals surface area (Å²) in [7, 11) is -2.49. The zero-order valence-electron chi connectivity index (χ0n) is 13.4. The highest BCUT2D eigenvalue weighted by atomic mass is 32.2. The van der Waals surface area contributed by atoms with E-state index in [0.29, 0.717) is 13.0 Å². The fourth-order valence-corrected chi connectivity index (χ4v) is 3.44. The average Bonchev–Trinajstić information content (AvgIpc) is 3.02. The van der Waals surface area contributed by atoms with Gasteiger partial charge in [-0.25, -0.2) is 13.1 Å². The number of nitrogens with zero attached hydrogens (tertiary/aromatic N) is 1. The van der Waals surface area contributed by atoms with E-state index >= 15 is 0 Å². The lowest BCUT2D eigenvalue weighted by Crippen LogP contribution is -2.24. The van der Waals surface area contributed by atoms with Crippen LogP contribution in [-0.4, -0.2) is 33.0 Å². The molecule has 2 N–H and O–H groups in total. The Morgan fingerprint density at radius 3 is 2.72 bits per heavy atom. The van der Waals surface area contributed by atoms with Crippen LogP contribution in [0.15, 0.2) is 47.4 Å². The van der Waals surface area contributed by atoms with E-state index in [4.69, 9.17) is 4.74 Å². The number of nitrogens with one attached hydrogen (secondary N) is 2. The third-order valence-corrected chi connectivity index (χ3v) is 5.39. The van der Waals surface area contributed by atoms with Crippen LogP contribution in [0.3, 0.4) is 0 Å². The molecule has 1 atom stereocenters. The van der Waals surface area contributed by atoms with Crippen molar-refractivity contribution < 1.29 is 18.1 Å². The molecule has 0 amide bonds. The van der Waals surface area contributed by atoms with E-state index in [2.05, 4.69) is 10.0 Å². The third kappa shape index (κ3) is 3.57. The second-order valence-corrected chi connectivity index (χ2v) is 7.46. The number of ether oxygens (including phenoxy) is 1. The largest absolute Gasteiger partial charge is 0.488 e. The first-order chi connectivity index (χ1) is 11.9. The van der Waals surface area contributed by atoms with Crippen molar-refractivity contribution in [1.29, 1.82) is 0 Å². The molecule has 9 heteroatoms. The molecule has 0 fully saturated rings. The summed E-state index contributed by atoms with van der Waals surface area (Å²) >= 11 is 0. The summed E-state index contributed by atoms with van der Waals surface area (Å²) in [5.41, 5.74) is 1.05. The molecular weight excluding hydrogens is 346 g/mol. The molecule has 0 saturated carbocycles. The highest BCUT2D eigenvalue weighted by molar-refractivity contribution is 7.89. The molecule has 8 nitrogen and oxygen atoms in total. The van der Waals surface area contributed by atoms with E-state index in [1.807, 2.05) is 24.3 Å². The first kappa shape index (κ1) is 17.2. The minimum absolute atomic E-state index is 0.141. The number of fused-ring (bicyclic) bond motifs is 1. The van der Waals surface area contributed by atoms with Gasteiger partial charge in [0.2, 0.25) is 10.0 Å². The number of benzene rings is 2. The second kappa shape index (κ2) is 6.69. The molecule has 25 heavy (non-hydrogen) atoms. The Hall–Kier alpha value is -2.65. The van der Waals surface area contributed by atoms with Gasteiger partial charge < -0.3 is 10.1 Å². The van der Waals surface area contributed by atoms with Crippen LogP contribution in [0.2, 0.25) is 0 Å². The molecule has 1 aliphatic rings. The fraction of sp³-hybridized carbons (Fsp3) is 0.250. The Labute approximate surface area is 145 Å². The Balaban J connectivity index is 1.76. The zero-order valence-corrected chi connectivity index (χ0v) is 14.2. The molecule has 132 valence electrons. The van der Waals surface area contributed by atoms with Gasteiger partial charge in [0, 0.05) is 12.5 Å². The molecule has 2 aromatic carbocycles. The van der Waals surface area contributed by atoms with Crippen molar-refractivity contribution in [2.45, 2.75) is 17.4 Å². The van der Waals surface area contributed by atoms with Gasteiger partial charge in [0.05, 0.1) is 16.4 Å². The number of nitro groups is 1. The van der Waals surface area contributed by atoms with Gasteiger partial charge in [-0.1, -0.05) is 18.2 Å². The van der Waals surface area contributed by atoms with E-state index in [1.54, 1.807) is 0 Å². The quantitative estimate of drug-likeness (QED) is 0.599. The number of para-hydroxylation sites is 1. The summed E-state index contributed by atoms with van der Waals surface area (Å²) in [6, 6.07) is 11.4. The van der Waals surface area contributed by atoms with Crippen molar-refractivity contribution in [3.05, 3.63) is 58.1 Å². The van der Waals surface area contributed by atoms with Gasteiger partial charge in [-0.15, -0.1) is 0 Å². The number of hydrogen-bond acceptors (Lipinski definition) is 6. The van der Waals surface area contributed by atoms with Crippen molar-refractivity contribution >= 4 is 21.4 Å². The van der Waals surface area contributed by atoms with Crippen molar-refractivity contribution in [3.63, 3.8) is 0 Å². The zero-order chi connectivity index (χ0) is 18.0. The second-order valence-electron chi connectivity index (χ2n) is 5.58. The van der Waals surface area contributed by atoms with Gasteiger partial charge >= 0.3 is 0 Å². The van der Waals surface area contributed by atoms with Crippen molar-refractivity contribution in [3.8, 4) is 5.75 Å². The SMILES string of the molecule is CNS(=O)(=O)c1ccc(NCC2Cc3ccccc3O2)c([N+](=O)[O-])c1. The Morgan fingerprint density at radius 2 is 2.04 bits per heavy atom. The summed E-state index contributed by atoms with van der Waals surface area (Å²) < 4.78 is 31.5. The summed E-state index contributed by atoms with van der Waals surface area (Å²) in [5, 5.41) is 14.3. The average molecular weight is 363 g/mol. The lowest BCUT2D eigenvalue weighted by molar-refractivity contribution is -0.384. The molecule has 1 heterocycles. The molecule has 0 saturated heterocycles. The van der Waals surface area contributed by atoms with Crippen molar-refractivity contribution in [2.24, 2.45) is 0 Å². The van der Waals surface area contributed by atoms with Crippen LogP contribution in [0.5, 0.6) is 5.75 Å². The number of rotatable bonds is 6. The van der Waals surface area contributed by atoms with Gasteiger partial charge in [-0.2, -0.15) is 0 Å². The van der Waals surface area contributed by atoms with Crippen molar-refractivity contribution in [2.75, 3.05) is 18.9 Å². The van der Waals surface area contributed by atoms with E-state index < -0.39 is 14.9 Å². The highest BCUT2D eigenvalue weighted by Crippen LogP contribution is 2.30. The van der Waals surface area contributed by atoms with E-state index in [0.717, 1.165) is 17.4 Å². The summed E-state index contributed by atoms with van der Waals surface area (Å²) in [4.78, 5) is 10.5.